The van der Waals surface area contributed by atoms with E-state index in [4.69, 9.17) is 37.0 Å². The third kappa shape index (κ3) is 80.2. The number of carbonyl (C=O) groups is 4. The molecule has 5 atom stereocenters. The van der Waals surface area contributed by atoms with Crippen LogP contribution in [0.15, 0.2) is 182 Å². The third-order valence-electron chi connectivity index (χ3n) is 16.8. The zero-order chi connectivity index (χ0) is 80.3. The fourth-order valence-electron chi connectivity index (χ4n) is 10.6. The van der Waals surface area contributed by atoms with E-state index >= 15 is 0 Å². The van der Waals surface area contributed by atoms with Gasteiger partial charge in [0.15, 0.2) is 12.2 Å². The maximum Gasteiger partial charge on any atom is 0.472 e. The summed E-state index contributed by atoms with van der Waals surface area (Å²) >= 11 is 0. The van der Waals surface area contributed by atoms with E-state index in [-0.39, 0.29) is 25.7 Å². The number of rotatable bonds is 77. The molecule has 0 rings (SSSR count). The zero-order valence-corrected chi connectivity index (χ0v) is 70.1. The Kier molecular flexibility index (Phi) is 76.9. The lowest BCUT2D eigenvalue weighted by atomic mass is 10.1. The molecule has 110 heavy (non-hydrogen) atoms. The summed E-state index contributed by atoms with van der Waals surface area (Å²) in [7, 11) is -10.0. The van der Waals surface area contributed by atoms with Gasteiger partial charge >= 0.3 is 39.5 Å². The summed E-state index contributed by atoms with van der Waals surface area (Å²) in [5, 5.41) is 10.7. The van der Waals surface area contributed by atoms with Crippen molar-refractivity contribution in [3.8, 4) is 0 Å². The van der Waals surface area contributed by atoms with Crippen LogP contribution in [0.1, 0.15) is 310 Å². The molecule has 19 heteroatoms. The molecule has 0 heterocycles. The van der Waals surface area contributed by atoms with Crippen molar-refractivity contribution >= 4 is 39.5 Å². The Labute approximate surface area is 666 Å². The summed E-state index contributed by atoms with van der Waals surface area (Å²) in [6, 6.07) is 0. The number of ether oxygens (including phenoxy) is 4. The number of esters is 4. The van der Waals surface area contributed by atoms with Gasteiger partial charge in [-0.05, 0) is 180 Å². The van der Waals surface area contributed by atoms with Gasteiger partial charge in [0.05, 0.1) is 26.4 Å². The van der Waals surface area contributed by atoms with Crippen LogP contribution in [-0.2, 0) is 65.4 Å². The fourth-order valence-corrected chi connectivity index (χ4v) is 12.1. The van der Waals surface area contributed by atoms with E-state index in [9.17, 15) is 43.2 Å². The van der Waals surface area contributed by atoms with Crippen molar-refractivity contribution in [1.82, 2.24) is 0 Å². The molecule has 0 aromatic rings. The minimum absolute atomic E-state index is 0.0624. The summed E-state index contributed by atoms with van der Waals surface area (Å²) in [6.45, 7) is 4.41. The molecule has 0 bridgehead atoms. The molecule has 0 aromatic carbocycles. The molecule has 5 unspecified atom stereocenters. The van der Waals surface area contributed by atoms with E-state index in [1.807, 2.05) is 0 Å². The van der Waals surface area contributed by atoms with Gasteiger partial charge in [0.25, 0.3) is 0 Å². The maximum absolute atomic E-state index is 13.1. The number of hydrogen-bond donors (Lipinski definition) is 3. The van der Waals surface area contributed by atoms with Crippen molar-refractivity contribution in [1.29, 1.82) is 0 Å². The molecule has 624 valence electrons. The van der Waals surface area contributed by atoms with Gasteiger partial charge in [-0.1, -0.05) is 287 Å². The number of allylic oxidation sites excluding steroid dienone is 30. The predicted octanol–water partition coefficient (Wildman–Crippen LogP) is 25.1. The Morgan fingerprint density at radius 1 is 0.264 bits per heavy atom. The summed E-state index contributed by atoms with van der Waals surface area (Å²) in [6.07, 6.45) is 98.5. The molecule has 0 aliphatic heterocycles. The van der Waals surface area contributed by atoms with Gasteiger partial charge in [-0.15, -0.1) is 0 Å². The van der Waals surface area contributed by atoms with Crippen molar-refractivity contribution < 1.29 is 80.2 Å². The Morgan fingerprint density at radius 3 is 0.736 bits per heavy atom. The van der Waals surface area contributed by atoms with E-state index in [1.54, 1.807) is 0 Å². The highest BCUT2D eigenvalue weighted by atomic mass is 31.2. The normalized spacial score (nSPS) is 14.7. The first-order chi connectivity index (χ1) is 53.7. The topological polar surface area (TPSA) is 237 Å². The van der Waals surface area contributed by atoms with Crippen LogP contribution in [0.2, 0.25) is 0 Å². The number of phosphoric ester groups is 2. The summed E-state index contributed by atoms with van der Waals surface area (Å²) < 4.78 is 68.7. The van der Waals surface area contributed by atoms with E-state index in [0.29, 0.717) is 25.7 Å². The second kappa shape index (κ2) is 81.2. The molecule has 0 aromatic heterocycles. The number of aliphatic hydroxyl groups is 1. The highest BCUT2D eigenvalue weighted by molar-refractivity contribution is 7.47. The van der Waals surface area contributed by atoms with Crippen LogP contribution in [-0.4, -0.2) is 96.7 Å². The molecular weight excluding hydrogens is 1430 g/mol. The van der Waals surface area contributed by atoms with E-state index in [1.165, 1.54) is 19.3 Å². The first-order valence-electron chi connectivity index (χ1n) is 42.0. The second-order valence-corrected chi connectivity index (χ2v) is 30.2. The highest BCUT2D eigenvalue weighted by Gasteiger charge is 2.30. The number of carbonyl (C=O) groups excluding carboxylic acids is 4. The number of hydrogen-bond acceptors (Lipinski definition) is 15. The molecule has 0 saturated heterocycles. The SMILES string of the molecule is CC/C=C\C/C=C\C/C=C\C/C=C\C/C=C\CCCCCC(=O)OCC(COP(=O)(O)OCC(O)COP(=O)(O)OCC(COC(=O)CCCCCC/C=C\C/C=C\C/C=C\C/C=C\CC)OC(=O)CCCCCCC/C=C\C/C=C\C/C=C\CC)OC(=O)CCCCCCCC/C=C\C/C=C\C/C=C\CCCCC. The first-order valence-corrected chi connectivity index (χ1v) is 45.0. The Hall–Kier alpha value is -5.84. The fraction of sp³-hybridized carbons (Fsp3) is 0.626. The average molecular weight is 1580 g/mol. The lowest BCUT2D eigenvalue weighted by Gasteiger charge is -2.21. The minimum Gasteiger partial charge on any atom is -0.462 e. The Bertz CT molecular complexity index is 2800. The molecule has 0 saturated carbocycles. The van der Waals surface area contributed by atoms with Crippen molar-refractivity contribution in [3.05, 3.63) is 182 Å². The van der Waals surface area contributed by atoms with Crippen molar-refractivity contribution in [2.75, 3.05) is 39.6 Å². The Balaban J connectivity index is 5.48. The van der Waals surface area contributed by atoms with Crippen LogP contribution >= 0.6 is 15.6 Å². The molecule has 0 spiro atoms. The second-order valence-electron chi connectivity index (χ2n) is 27.3. The van der Waals surface area contributed by atoms with Crippen molar-refractivity contribution in [3.63, 3.8) is 0 Å². The van der Waals surface area contributed by atoms with Crippen LogP contribution in [0.4, 0.5) is 0 Å². The molecule has 0 radical (unpaired) electrons. The Morgan fingerprint density at radius 2 is 0.473 bits per heavy atom. The van der Waals surface area contributed by atoms with Gasteiger partial charge in [-0.3, -0.25) is 37.3 Å². The summed E-state index contributed by atoms with van der Waals surface area (Å²) in [5.74, 6) is -2.28. The van der Waals surface area contributed by atoms with Crippen LogP contribution < -0.4 is 0 Å². The van der Waals surface area contributed by atoms with Crippen LogP contribution in [0.3, 0.4) is 0 Å². The molecule has 0 aliphatic carbocycles. The molecule has 0 amide bonds. The number of aliphatic hydroxyl groups excluding tert-OH is 1. The molecule has 0 aliphatic rings. The standard InChI is InChI=1S/C91H148O17P2/c1-5-9-13-17-21-25-29-33-37-40-42-45-49-52-56-60-64-68-72-76-89(94)102-82-87(108-91(96)78-74-70-66-62-58-54-50-46-43-41-38-34-30-26-22-18-14-10-6-2)84-106-110(99,100)104-80-85(92)79-103-109(97,98)105-83-86(107-90(95)77-73-69-65-61-57-53-47-36-32-28-24-20-16-12-8-4)81-101-88(93)75-71-67-63-59-55-51-48-44-39-35-31-27-23-19-15-11-7-3/h9,11-13,15-16,21-28,33-39,42-43,45-48,51-52,56,85-87,92H,5-8,10,14,17-20,29-32,40-41,44,49-50,53-55,57-84H2,1-4H3,(H,97,98)(H,99,100)/b13-9-,15-11-,16-12-,25-21-,26-22-,27-23-,28-24-,37-33-,38-34-,39-35-,45-42-,46-43-,47-36-,51-48-,56-52-. The van der Waals surface area contributed by atoms with Crippen LogP contribution in [0.25, 0.3) is 0 Å². The molecule has 3 N–H and O–H groups in total. The van der Waals surface area contributed by atoms with Crippen LogP contribution in [0, 0.1) is 0 Å². The van der Waals surface area contributed by atoms with Gasteiger partial charge in [0.1, 0.15) is 19.3 Å². The first kappa shape index (κ1) is 104. The monoisotopic (exact) mass is 1580 g/mol. The lowest BCUT2D eigenvalue weighted by molar-refractivity contribution is -0.161. The van der Waals surface area contributed by atoms with Gasteiger partial charge in [0.2, 0.25) is 0 Å². The average Bonchev–Trinajstić information content (AvgIpc) is 0.900. The molecular formula is C91H148O17P2. The summed E-state index contributed by atoms with van der Waals surface area (Å²) in [5.41, 5.74) is 0. The smallest absolute Gasteiger partial charge is 0.462 e. The number of phosphoric acid groups is 2. The van der Waals surface area contributed by atoms with Crippen LogP contribution in [0.5, 0.6) is 0 Å². The third-order valence-corrected chi connectivity index (χ3v) is 18.7. The number of unbranched alkanes of at least 4 members (excludes halogenated alkanes) is 21. The predicted molar refractivity (Wildman–Crippen MR) is 454 cm³/mol. The summed E-state index contributed by atoms with van der Waals surface area (Å²) in [4.78, 5) is 73.2. The quantitative estimate of drug-likeness (QED) is 0.0169. The minimum atomic E-state index is -5.01. The highest BCUT2D eigenvalue weighted by Crippen LogP contribution is 2.45. The molecule has 0 fully saturated rings. The molecule has 17 nitrogen and oxygen atoms in total. The van der Waals surface area contributed by atoms with E-state index in [0.717, 1.165) is 212 Å². The largest absolute Gasteiger partial charge is 0.472 e. The maximum atomic E-state index is 13.1. The van der Waals surface area contributed by atoms with E-state index < -0.39 is 97.5 Å². The van der Waals surface area contributed by atoms with Gasteiger partial charge in [0, 0.05) is 25.7 Å². The zero-order valence-electron chi connectivity index (χ0n) is 68.4. The van der Waals surface area contributed by atoms with Crippen molar-refractivity contribution in [2.45, 2.75) is 329 Å². The van der Waals surface area contributed by atoms with E-state index in [2.05, 4.69) is 210 Å². The van der Waals surface area contributed by atoms with Gasteiger partial charge in [-0.2, -0.15) is 0 Å². The van der Waals surface area contributed by atoms with Gasteiger partial charge < -0.3 is 33.8 Å². The van der Waals surface area contributed by atoms with Crippen molar-refractivity contribution in [2.24, 2.45) is 0 Å². The van der Waals surface area contributed by atoms with Gasteiger partial charge in [-0.25, -0.2) is 9.13 Å². The lowest BCUT2D eigenvalue weighted by Crippen LogP contribution is -2.30.